The van der Waals surface area contributed by atoms with Gasteiger partial charge in [-0.3, -0.25) is 4.90 Å². The Balaban J connectivity index is 2.15. The van der Waals surface area contributed by atoms with Gasteiger partial charge in [0.15, 0.2) is 0 Å². The highest BCUT2D eigenvalue weighted by Crippen LogP contribution is 2.37. The second-order valence-electron chi connectivity index (χ2n) is 7.00. The Morgan fingerprint density at radius 1 is 1.24 bits per heavy atom. The predicted octanol–water partition coefficient (Wildman–Crippen LogP) is 4.16. The average Bonchev–Trinajstić information content (AvgIpc) is 2.78. The van der Waals surface area contributed by atoms with Crippen LogP contribution in [0.5, 0.6) is 0 Å². The maximum absolute atomic E-state index is 13.1. The standard InChI is InChI=1S/C16H23F3N2/c1-15(2,3)12-6-7-21(10-12)9-11-4-5-13(20)8-14(11)16(17,18)19/h4-5,8,12H,6-7,9-10,20H2,1-3H3. The monoisotopic (exact) mass is 300 g/mol. The van der Waals surface area contributed by atoms with Crippen molar-refractivity contribution in [3.63, 3.8) is 0 Å². The van der Waals surface area contributed by atoms with Gasteiger partial charge in [-0.1, -0.05) is 26.8 Å². The number of alkyl halides is 3. The number of nitrogens with zero attached hydrogens (tertiary/aromatic N) is 1. The molecule has 0 saturated carbocycles. The van der Waals surface area contributed by atoms with E-state index in [1.807, 2.05) is 0 Å². The molecule has 0 aliphatic carbocycles. The average molecular weight is 300 g/mol. The van der Waals surface area contributed by atoms with E-state index in [1.165, 1.54) is 6.07 Å². The lowest BCUT2D eigenvalue weighted by atomic mass is 9.80. The number of nitrogen functional groups attached to an aromatic ring is 1. The minimum Gasteiger partial charge on any atom is -0.399 e. The van der Waals surface area contributed by atoms with Gasteiger partial charge in [0, 0.05) is 18.8 Å². The summed E-state index contributed by atoms with van der Waals surface area (Å²) in [5.41, 5.74) is 5.55. The van der Waals surface area contributed by atoms with E-state index < -0.39 is 11.7 Å². The van der Waals surface area contributed by atoms with Crippen molar-refractivity contribution >= 4 is 5.69 Å². The highest BCUT2D eigenvalue weighted by Gasteiger charge is 2.36. The molecule has 1 aromatic rings. The Morgan fingerprint density at radius 2 is 1.90 bits per heavy atom. The Labute approximate surface area is 124 Å². The lowest BCUT2D eigenvalue weighted by Gasteiger charge is -2.27. The zero-order chi connectivity index (χ0) is 15.8. The molecule has 5 heteroatoms. The van der Waals surface area contributed by atoms with E-state index >= 15 is 0 Å². The minimum absolute atomic E-state index is 0.153. The zero-order valence-corrected chi connectivity index (χ0v) is 12.8. The molecule has 1 aromatic carbocycles. The fourth-order valence-electron chi connectivity index (χ4n) is 2.92. The van der Waals surface area contributed by atoms with Crippen LogP contribution in [0.3, 0.4) is 0 Å². The normalized spacial score (nSPS) is 21.0. The van der Waals surface area contributed by atoms with Crippen molar-refractivity contribution < 1.29 is 13.2 Å². The summed E-state index contributed by atoms with van der Waals surface area (Å²) < 4.78 is 39.3. The summed E-state index contributed by atoms with van der Waals surface area (Å²) in [7, 11) is 0. The van der Waals surface area contributed by atoms with Crippen molar-refractivity contribution in [2.45, 2.75) is 39.9 Å². The number of rotatable bonds is 2. The SMILES string of the molecule is CC(C)(C)C1CCN(Cc2ccc(N)cc2C(F)(F)F)C1. The third-order valence-corrected chi connectivity index (χ3v) is 4.33. The first-order valence-electron chi connectivity index (χ1n) is 7.25. The minimum atomic E-state index is -4.35. The molecule has 0 spiro atoms. The van der Waals surface area contributed by atoms with Gasteiger partial charge in [0.25, 0.3) is 0 Å². The van der Waals surface area contributed by atoms with E-state index in [2.05, 4.69) is 25.7 Å². The number of hydrogen-bond acceptors (Lipinski definition) is 2. The first-order valence-corrected chi connectivity index (χ1v) is 7.25. The molecule has 0 bridgehead atoms. The van der Waals surface area contributed by atoms with Gasteiger partial charge < -0.3 is 5.73 Å². The van der Waals surface area contributed by atoms with Crippen molar-refractivity contribution in [2.24, 2.45) is 11.3 Å². The molecule has 1 fully saturated rings. The molecule has 118 valence electrons. The second-order valence-corrected chi connectivity index (χ2v) is 7.00. The molecule has 0 amide bonds. The fourth-order valence-corrected chi connectivity index (χ4v) is 2.92. The summed E-state index contributed by atoms with van der Waals surface area (Å²) in [5, 5.41) is 0. The number of anilines is 1. The van der Waals surface area contributed by atoms with E-state index in [1.54, 1.807) is 6.07 Å². The van der Waals surface area contributed by atoms with Gasteiger partial charge in [0.2, 0.25) is 0 Å². The quantitative estimate of drug-likeness (QED) is 0.831. The summed E-state index contributed by atoms with van der Waals surface area (Å²) in [6.07, 6.45) is -3.31. The molecule has 1 saturated heterocycles. The van der Waals surface area contributed by atoms with Crippen LogP contribution in [0, 0.1) is 11.3 Å². The lowest BCUT2D eigenvalue weighted by molar-refractivity contribution is -0.138. The molecule has 1 aliphatic rings. The van der Waals surface area contributed by atoms with E-state index in [0.29, 0.717) is 18.0 Å². The third-order valence-electron chi connectivity index (χ3n) is 4.33. The molecule has 1 aliphatic heterocycles. The summed E-state index contributed by atoms with van der Waals surface area (Å²) >= 11 is 0. The molecule has 2 N–H and O–H groups in total. The van der Waals surface area contributed by atoms with Gasteiger partial charge in [0.1, 0.15) is 0 Å². The van der Waals surface area contributed by atoms with Crippen LogP contribution < -0.4 is 5.73 Å². The Hall–Kier alpha value is -1.23. The number of nitrogens with two attached hydrogens (primary N) is 1. The highest BCUT2D eigenvalue weighted by atomic mass is 19.4. The maximum atomic E-state index is 13.1. The number of hydrogen-bond donors (Lipinski definition) is 1. The summed E-state index contributed by atoms with van der Waals surface area (Å²) in [6.45, 7) is 8.60. The van der Waals surface area contributed by atoms with Gasteiger partial charge in [-0.2, -0.15) is 13.2 Å². The Kier molecular flexibility index (Phi) is 4.24. The van der Waals surface area contributed by atoms with Crippen LogP contribution in [0.25, 0.3) is 0 Å². The molecule has 0 radical (unpaired) electrons. The molecular formula is C16H23F3N2. The zero-order valence-electron chi connectivity index (χ0n) is 12.8. The van der Waals surface area contributed by atoms with E-state index in [0.717, 1.165) is 25.6 Å². The number of benzene rings is 1. The van der Waals surface area contributed by atoms with Crippen LogP contribution in [0.2, 0.25) is 0 Å². The van der Waals surface area contributed by atoms with Crippen LogP contribution in [0.4, 0.5) is 18.9 Å². The van der Waals surface area contributed by atoms with Gasteiger partial charge in [-0.15, -0.1) is 0 Å². The summed E-state index contributed by atoms with van der Waals surface area (Å²) in [4.78, 5) is 2.11. The summed E-state index contributed by atoms with van der Waals surface area (Å²) in [5.74, 6) is 0.528. The van der Waals surface area contributed by atoms with Gasteiger partial charge in [0.05, 0.1) is 5.56 Å². The van der Waals surface area contributed by atoms with Crippen LogP contribution in [-0.4, -0.2) is 18.0 Å². The highest BCUT2D eigenvalue weighted by molar-refractivity contribution is 5.46. The van der Waals surface area contributed by atoms with Crippen molar-refractivity contribution in [1.29, 1.82) is 0 Å². The Morgan fingerprint density at radius 3 is 2.43 bits per heavy atom. The largest absolute Gasteiger partial charge is 0.416 e. The molecule has 2 rings (SSSR count). The lowest BCUT2D eigenvalue weighted by Crippen LogP contribution is -2.26. The van der Waals surface area contributed by atoms with E-state index in [9.17, 15) is 13.2 Å². The first-order chi connectivity index (χ1) is 9.57. The Bertz CT molecular complexity index is 503. The van der Waals surface area contributed by atoms with Crippen molar-refractivity contribution in [1.82, 2.24) is 4.90 Å². The van der Waals surface area contributed by atoms with Gasteiger partial charge >= 0.3 is 6.18 Å². The molecule has 1 atom stereocenters. The van der Waals surface area contributed by atoms with Crippen LogP contribution >= 0.6 is 0 Å². The van der Waals surface area contributed by atoms with Crippen molar-refractivity contribution in [2.75, 3.05) is 18.8 Å². The van der Waals surface area contributed by atoms with Crippen LogP contribution in [-0.2, 0) is 12.7 Å². The van der Waals surface area contributed by atoms with Crippen molar-refractivity contribution in [3.8, 4) is 0 Å². The molecule has 1 unspecified atom stereocenters. The maximum Gasteiger partial charge on any atom is 0.416 e. The number of likely N-dealkylation sites (tertiary alicyclic amines) is 1. The van der Waals surface area contributed by atoms with Crippen LogP contribution in [0.1, 0.15) is 38.3 Å². The van der Waals surface area contributed by atoms with Gasteiger partial charge in [-0.25, -0.2) is 0 Å². The molecule has 21 heavy (non-hydrogen) atoms. The van der Waals surface area contributed by atoms with Crippen molar-refractivity contribution in [3.05, 3.63) is 29.3 Å². The predicted molar refractivity (Wildman–Crippen MR) is 78.7 cm³/mol. The third kappa shape index (κ3) is 3.90. The van der Waals surface area contributed by atoms with E-state index in [-0.39, 0.29) is 11.1 Å². The first kappa shape index (κ1) is 16.1. The second kappa shape index (κ2) is 5.52. The molecule has 1 heterocycles. The number of halogens is 3. The fraction of sp³-hybridized carbons (Fsp3) is 0.625. The van der Waals surface area contributed by atoms with Crippen LogP contribution in [0.15, 0.2) is 18.2 Å². The van der Waals surface area contributed by atoms with E-state index in [4.69, 9.17) is 5.73 Å². The smallest absolute Gasteiger partial charge is 0.399 e. The topological polar surface area (TPSA) is 29.3 Å². The summed E-state index contributed by atoms with van der Waals surface area (Å²) in [6, 6.07) is 4.08. The molecule has 2 nitrogen and oxygen atoms in total. The molecule has 0 aromatic heterocycles. The van der Waals surface area contributed by atoms with Gasteiger partial charge in [-0.05, 0) is 42.0 Å². The molecular weight excluding hydrogens is 277 g/mol.